The highest BCUT2D eigenvalue weighted by Crippen LogP contribution is 2.32. The summed E-state index contributed by atoms with van der Waals surface area (Å²) < 4.78 is 27.8. The number of hydrogen-bond acceptors (Lipinski definition) is 5. The van der Waals surface area contributed by atoms with E-state index in [1.54, 1.807) is 19.2 Å². The molecule has 28 heavy (non-hydrogen) atoms. The zero-order valence-electron chi connectivity index (χ0n) is 15.8. The number of hydrogen-bond donors (Lipinski definition) is 2. The molecular formula is C20H25N3O4S. The zero-order chi connectivity index (χ0) is 20.1. The van der Waals surface area contributed by atoms with Crippen LogP contribution in [0, 0.1) is 0 Å². The lowest BCUT2D eigenvalue weighted by atomic mass is 10.0. The van der Waals surface area contributed by atoms with Crippen molar-refractivity contribution in [3.05, 3.63) is 59.7 Å². The standard InChI is InChI=1S/C20H25N3O4S/c1-27-17-8-6-16(7-9-17)19-3-2-12-23(19)14-20(24)22-13-15-4-10-18(11-5-15)28(21,25)26/h4-11,19H,2-3,12-14H2,1H3,(H,22,24)(H2,21,25,26). The number of nitrogens with two attached hydrogens (primary N) is 1. The highest BCUT2D eigenvalue weighted by Gasteiger charge is 2.27. The van der Waals surface area contributed by atoms with E-state index in [-0.39, 0.29) is 16.8 Å². The lowest BCUT2D eigenvalue weighted by molar-refractivity contribution is -0.122. The summed E-state index contributed by atoms with van der Waals surface area (Å²) in [6, 6.07) is 14.4. The molecule has 1 heterocycles. The van der Waals surface area contributed by atoms with Crippen molar-refractivity contribution in [3.63, 3.8) is 0 Å². The lowest BCUT2D eigenvalue weighted by Crippen LogP contribution is -2.36. The lowest BCUT2D eigenvalue weighted by Gasteiger charge is -2.24. The van der Waals surface area contributed by atoms with Gasteiger partial charge in [-0.1, -0.05) is 24.3 Å². The van der Waals surface area contributed by atoms with Gasteiger partial charge in [-0.2, -0.15) is 0 Å². The van der Waals surface area contributed by atoms with Crippen molar-refractivity contribution in [1.82, 2.24) is 10.2 Å². The minimum atomic E-state index is -3.71. The molecule has 3 N–H and O–H groups in total. The molecule has 8 heteroatoms. The molecule has 2 aromatic rings. The Bertz CT molecular complexity index is 911. The Hall–Kier alpha value is -2.42. The fraction of sp³-hybridized carbons (Fsp3) is 0.350. The topological polar surface area (TPSA) is 102 Å². The summed E-state index contributed by atoms with van der Waals surface area (Å²) in [7, 11) is -2.06. The first-order valence-corrected chi connectivity index (χ1v) is 10.7. The van der Waals surface area contributed by atoms with E-state index in [1.165, 1.54) is 17.7 Å². The summed E-state index contributed by atoms with van der Waals surface area (Å²) in [5, 5.41) is 7.98. The van der Waals surface area contributed by atoms with Crippen molar-refractivity contribution in [2.75, 3.05) is 20.2 Å². The molecule has 0 spiro atoms. The maximum Gasteiger partial charge on any atom is 0.238 e. The smallest absolute Gasteiger partial charge is 0.238 e. The number of methoxy groups -OCH3 is 1. The Kier molecular flexibility index (Phi) is 6.33. The second kappa shape index (κ2) is 8.72. The minimum absolute atomic E-state index is 0.0574. The van der Waals surface area contributed by atoms with Gasteiger partial charge < -0.3 is 10.1 Å². The molecule has 3 rings (SSSR count). The predicted molar refractivity (Wildman–Crippen MR) is 106 cm³/mol. The van der Waals surface area contributed by atoms with Gasteiger partial charge in [-0.25, -0.2) is 13.6 Å². The van der Waals surface area contributed by atoms with E-state index in [2.05, 4.69) is 10.2 Å². The van der Waals surface area contributed by atoms with Crippen LogP contribution in [-0.4, -0.2) is 39.4 Å². The molecule has 0 aliphatic carbocycles. The van der Waals surface area contributed by atoms with Crippen molar-refractivity contribution in [2.45, 2.75) is 30.3 Å². The number of carbonyl (C=O) groups is 1. The third-order valence-electron chi connectivity index (χ3n) is 4.95. The van der Waals surface area contributed by atoms with E-state index in [9.17, 15) is 13.2 Å². The molecule has 1 aliphatic rings. The van der Waals surface area contributed by atoms with Crippen LogP contribution in [0.3, 0.4) is 0 Å². The Morgan fingerprint density at radius 2 is 1.86 bits per heavy atom. The molecule has 1 saturated heterocycles. The Morgan fingerprint density at radius 1 is 1.18 bits per heavy atom. The molecule has 2 aromatic carbocycles. The second-order valence-corrected chi connectivity index (χ2v) is 8.43. The van der Waals surface area contributed by atoms with Gasteiger partial charge in [0, 0.05) is 12.6 Å². The van der Waals surface area contributed by atoms with Crippen LogP contribution in [0.1, 0.15) is 30.0 Å². The second-order valence-electron chi connectivity index (χ2n) is 6.87. The first-order chi connectivity index (χ1) is 13.4. The average Bonchev–Trinajstić information content (AvgIpc) is 3.14. The summed E-state index contributed by atoms with van der Waals surface area (Å²) in [6.07, 6.45) is 2.08. The number of amides is 1. The molecule has 1 amide bonds. The van der Waals surface area contributed by atoms with Crippen molar-refractivity contribution < 1.29 is 17.9 Å². The summed E-state index contributed by atoms with van der Waals surface area (Å²) in [5.74, 6) is 0.760. The number of nitrogens with zero attached hydrogens (tertiary/aromatic N) is 1. The molecule has 7 nitrogen and oxygen atoms in total. The number of primary sulfonamides is 1. The van der Waals surface area contributed by atoms with Crippen LogP contribution in [0.5, 0.6) is 5.75 Å². The Labute approximate surface area is 165 Å². The number of ether oxygens (including phenoxy) is 1. The summed E-state index contributed by atoms with van der Waals surface area (Å²) in [5.41, 5.74) is 2.00. The third kappa shape index (κ3) is 5.09. The van der Waals surface area contributed by atoms with Gasteiger partial charge >= 0.3 is 0 Å². The number of sulfonamides is 1. The first kappa shape index (κ1) is 20.3. The molecule has 1 atom stereocenters. The van der Waals surface area contributed by atoms with Crippen molar-refractivity contribution in [3.8, 4) is 5.75 Å². The number of rotatable bonds is 7. The number of nitrogens with one attached hydrogen (secondary N) is 1. The van der Waals surface area contributed by atoms with Gasteiger partial charge in [0.1, 0.15) is 5.75 Å². The van der Waals surface area contributed by atoms with Gasteiger partial charge in [0.2, 0.25) is 15.9 Å². The fourth-order valence-corrected chi connectivity index (χ4v) is 3.97. The fourth-order valence-electron chi connectivity index (χ4n) is 3.46. The summed E-state index contributed by atoms with van der Waals surface area (Å²) in [4.78, 5) is 14.6. The van der Waals surface area contributed by atoms with Crippen LogP contribution in [0.4, 0.5) is 0 Å². The number of carbonyl (C=O) groups excluding carboxylic acids is 1. The van der Waals surface area contributed by atoms with E-state index >= 15 is 0 Å². The van der Waals surface area contributed by atoms with Crippen molar-refractivity contribution in [2.24, 2.45) is 5.14 Å². The zero-order valence-corrected chi connectivity index (χ0v) is 16.6. The predicted octanol–water partition coefficient (Wildman–Crippen LogP) is 1.80. The molecule has 1 fully saturated rings. The van der Waals surface area contributed by atoms with Crippen LogP contribution < -0.4 is 15.2 Å². The molecular weight excluding hydrogens is 378 g/mol. The largest absolute Gasteiger partial charge is 0.497 e. The van der Waals surface area contributed by atoms with E-state index in [0.29, 0.717) is 13.1 Å². The van der Waals surface area contributed by atoms with Gasteiger partial charge in [-0.05, 0) is 54.8 Å². The Balaban J connectivity index is 1.55. The SMILES string of the molecule is COc1ccc(C2CCCN2CC(=O)NCc2ccc(S(N)(=O)=O)cc2)cc1. The normalized spacial score (nSPS) is 17.4. The summed E-state index contributed by atoms with van der Waals surface area (Å²) >= 11 is 0. The Morgan fingerprint density at radius 3 is 2.46 bits per heavy atom. The maximum absolute atomic E-state index is 12.4. The average molecular weight is 404 g/mol. The maximum atomic E-state index is 12.4. The van der Waals surface area contributed by atoms with Crippen LogP contribution in [0.15, 0.2) is 53.4 Å². The number of likely N-dealkylation sites (tertiary alicyclic amines) is 1. The molecule has 0 radical (unpaired) electrons. The van der Waals surface area contributed by atoms with Gasteiger partial charge in [0.05, 0.1) is 18.6 Å². The first-order valence-electron chi connectivity index (χ1n) is 9.13. The molecule has 0 bridgehead atoms. The van der Waals surface area contributed by atoms with Gasteiger partial charge in [-0.15, -0.1) is 0 Å². The monoisotopic (exact) mass is 403 g/mol. The van der Waals surface area contributed by atoms with Crippen LogP contribution in [0.2, 0.25) is 0 Å². The molecule has 1 aliphatic heterocycles. The van der Waals surface area contributed by atoms with E-state index in [0.717, 1.165) is 30.7 Å². The molecule has 1 unspecified atom stereocenters. The minimum Gasteiger partial charge on any atom is -0.497 e. The molecule has 0 aromatic heterocycles. The van der Waals surface area contributed by atoms with Gasteiger partial charge in [0.15, 0.2) is 0 Å². The van der Waals surface area contributed by atoms with E-state index in [1.807, 2.05) is 24.3 Å². The molecule has 150 valence electrons. The third-order valence-corrected chi connectivity index (χ3v) is 5.88. The quantitative estimate of drug-likeness (QED) is 0.734. The van der Waals surface area contributed by atoms with Gasteiger partial charge in [-0.3, -0.25) is 9.69 Å². The van der Waals surface area contributed by atoms with Gasteiger partial charge in [0.25, 0.3) is 0 Å². The van der Waals surface area contributed by atoms with Crippen LogP contribution in [-0.2, 0) is 21.4 Å². The van der Waals surface area contributed by atoms with Crippen molar-refractivity contribution in [1.29, 1.82) is 0 Å². The highest BCUT2D eigenvalue weighted by molar-refractivity contribution is 7.89. The highest BCUT2D eigenvalue weighted by atomic mass is 32.2. The van der Waals surface area contributed by atoms with E-state index in [4.69, 9.17) is 9.88 Å². The van der Waals surface area contributed by atoms with Crippen molar-refractivity contribution >= 4 is 15.9 Å². The van der Waals surface area contributed by atoms with Crippen LogP contribution >= 0.6 is 0 Å². The molecule has 0 saturated carbocycles. The van der Waals surface area contributed by atoms with E-state index < -0.39 is 10.0 Å². The number of benzene rings is 2. The summed E-state index contributed by atoms with van der Waals surface area (Å²) in [6.45, 7) is 1.55. The van der Waals surface area contributed by atoms with Crippen LogP contribution in [0.25, 0.3) is 0 Å².